The van der Waals surface area contributed by atoms with Crippen LogP contribution in [0.3, 0.4) is 0 Å². The smallest absolute Gasteiger partial charge is 0.331 e. The van der Waals surface area contributed by atoms with Crippen LogP contribution in [0.25, 0.3) is 22.3 Å². The van der Waals surface area contributed by atoms with Gasteiger partial charge >= 0.3 is 5.97 Å². The van der Waals surface area contributed by atoms with Crippen molar-refractivity contribution >= 4 is 45.9 Å². The van der Waals surface area contributed by atoms with Crippen LogP contribution in [-0.2, 0) is 9.53 Å². The molecular formula is C24H18ClF2N3O2S. The van der Waals surface area contributed by atoms with E-state index in [1.54, 1.807) is 49.7 Å². The highest BCUT2D eigenvalue weighted by atomic mass is 35.5. The van der Waals surface area contributed by atoms with E-state index in [9.17, 15) is 13.6 Å². The molecule has 0 unspecified atom stereocenters. The van der Waals surface area contributed by atoms with Gasteiger partial charge in [-0.25, -0.2) is 23.5 Å². The maximum Gasteiger partial charge on any atom is 0.331 e. The number of benzene rings is 2. The average molecular weight is 486 g/mol. The van der Waals surface area contributed by atoms with Crippen LogP contribution in [0.4, 0.5) is 8.78 Å². The van der Waals surface area contributed by atoms with Crippen molar-refractivity contribution in [2.75, 3.05) is 12.9 Å². The Balaban J connectivity index is 2.12. The zero-order chi connectivity index (χ0) is 23.5. The van der Waals surface area contributed by atoms with Gasteiger partial charge in [0.1, 0.15) is 23.0 Å². The molecule has 0 fully saturated rings. The van der Waals surface area contributed by atoms with E-state index in [4.69, 9.17) is 16.3 Å². The Morgan fingerprint density at radius 1 is 1.18 bits per heavy atom. The number of hydrogen-bond donors (Lipinski definition) is 0. The molecule has 168 valence electrons. The predicted octanol–water partition coefficient (Wildman–Crippen LogP) is 6.07. The molecule has 0 aliphatic rings. The third-order valence-electron chi connectivity index (χ3n) is 4.85. The molecule has 33 heavy (non-hydrogen) atoms. The third kappa shape index (κ3) is 4.49. The van der Waals surface area contributed by atoms with Crippen molar-refractivity contribution in [2.45, 2.75) is 12.1 Å². The standard InChI is InChI=1S/C24H18ClF2N3O2S/c1-3-32-21(31)12-16(15-7-4-5-8-17(15)25)20-11-14-13-28-24(33-2)29-23(14)30(20)22-18(26)9-6-10-19(22)27/h4-13H,3H2,1-2H3/b16-12-. The lowest BCUT2D eigenvalue weighted by atomic mass is 10.0. The lowest BCUT2D eigenvalue weighted by molar-refractivity contribution is -0.137. The van der Waals surface area contributed by atoms with Crippen molar-refractivity contribution in [3.63, 3.8) is 0 Å². The molecule has 0 aliphatic heterocycles. The maximum atomic E-state index is 15.0. The Hall–Kier alpha value is -3.23. The van der Waals surface area contributed by atoms with Crippen molar-refractivity contribution in [3.8, 4) is 5.69 Å². The maximum absolute atomic E-state index is 15.0. The topological polar surface area (TPSA) is 57.0 Å². The van der Waals surface area contributed by atoms with Gasteiger partial charge < -0.3 is 4.74 Å². The summed E-state index contributed by atoms with van der Waals surface area (Å²) in [5.41, 5.74) is 1.09. The molecule has 0 atom stereocenters. The van der Waals surface area contributed by atoms with Gasteiger partial charge in [-0.15, -0.1) is 0 Å². The van der Waals surface area contributed by atoms with Gasteiger partial charge in [-0.2, -0.15) is 0 Å². The first kappa shape index (κ1) is 22.9. The van der Waals surface area contributed by atoms with Crippen LogP contribution < -0.4 is 0 Å². The van der Waals surface area contributed by atoms with Crippen LogP contribution in [-0.4, -0.2) is 33.4 Å². The largest absolute Gasteiger partial charge is 0.463 e. The summed E-state index contributed by atoms with van der Waals surface area (Å²) in [5, 5.41) is 1.32. The monoisotopic (exact) mass is 485 g/mol. The number of para-hydroxylation sites is 1. The minimum atomic E-state index is -0.785. The lowest BCUT2D eigenvalue weighted by Gasteiger charge is -2.16. The molecule has 2 heterocycles. The van der Waals surface area contributed by atoms with Gasteiger partial charge in [-0.3, -0.25) is 4.57 Å². The molecule has 0 N–H and O–H groups in total. The van der Waals surface area contributed by atoms with Gasteiger partial charge in [0.15, 0.2) is 5.16 Å². The Labute approximate surface area is 198 Å². The second kappa shape index (κ2) is 9.72. The van der Waals surface area contributed by atoms with Gasteiger partial charge in [-0.05, 0) is 37.4 Å². The summed E-state index contributed by atoms with van der Waals surface area (Å²) in [7, 11) is 0. The summed E-state index contributed by atoms with van der Waals surface area (Å²) < 4.78 is 36.4. The van der Waals surface area contributed by atoms with Crippen molar-refractivity contribution in [1.82, 2.24) is 14.5 Å². The fraction of sp³-hybridized carbons (Fsp3) is 0.125. The van der Waals surface area contributed by atoms with Crippen LogP contribution in [0.5, 0.6) is 0 Å². The Morgan fingerprint density at radius 2 is 1.91 bits per heavy atom. The first-order valence-corrected chi connectivity index (χ1v) is 11.6. The number of ether oxygens (including phenoxy) is 1. The molecule has 9 heteroatoms. The van der Waals surface area contributed by atoms with Crippen molar-refractivity contribution in [3.05, 3.63) is 88.7 Å². The van der Waals surface area contributed by atoms with E-state index in [2.05, 4.69) is 9.97 Å². The number of halogens is 3. The van der Waals surface area contributed by atoms with Gasteiger partial charge in [0.25, 0.3) is 0 Å². The first-order valence-electron chi connectivity index (χ1n) is 9.95. The molecule has 4 aromatic rings. The first-order chi connectivity index (χ1) is 15.9. The number of thioether (sulfide) groups is 1. The Bertz CT molecular complexity index is 1370. The number of nitrogens with zero attached hydrogens (tertiary/aromatic N) is 3. The summed E-state index contributed by atoms with van der Waals surface area (Å²) >= 11 is 7.75. The van der Waals surface area contributed by atoms with Gasteiger partial charge in [-0.1, -0.05) is 47.6 Å². The van der Waals surface area contributed by atoms with Crippen molar-refractivity contribution < 1.29 is 18.3 Å². The van der Waals surface area contributed by atoms with Crippen LogP contribution >= 0.6 is 23.4 Å². The molecule has 0 radical (unpaired) electrons. The SMILES string of the molecule is CCOC(=O)/C=C(/c1ccccc1Cl)c1cc2cnc(SC)nc2n1-c1c(F)cccc1F. The molecule has 2 aromatic heterocycles. The Morgan fingerprint density at radius 3 is 2.58 bits per heavy atom. The van der Waals surface area contributed by atoms with Crippen molar-refractivity contribution in [2.24, 2.45) is 0 Å². The van der Waals surface area contributed by atoms with E-state index in [-0.39, 0.29) is 17.9 Å². The van der Waals surface area contributed by atoms with E-state index in [1.807, 2.05) is 0 Å². The molecule has 4 rings (SSSR count). The number of rotatable bonds is 6. The van der Waals surface area contributed by atoms with Gasteiger partial charge in [0.05, 0.1) is 12.3 Å². The predicted molar refractivity (Wildman–Crippen MR) is 126 cm³/mol. The van der Waals surface area contributed by atoms with E-state index in [0.29, 0.717) is 32.4 Å². The van der Waals surface area contributed by atoms with Gasteiger partial charge in [0, 0.05) is 33.8 Å². The highest BCUT2D eigenvalue weighted by molar-refractivity contribution is 7.98. The summed E-state index contributed by atoms with van der Waals surface area (Å²) in [4.78, 5) is 21.2. The zero-order valence-electron chi connectivity index (χ0n) is 17.7. The molecule has 0 saturated carbocycles. The summed E-state index contributed by atoms with van der Waals surface area (Å²) in [5.74, 6) is -2.19. The van der Waals surface area contributed by atoms with E-state index in [1.165, 1.54) is 28.5 Å². The minimum absolute atomic E-state index is 0.165. The molecule has 0 spiro atoms. The summed E-state index contributed by atoms with van der Waals surface area (Å²) in [6.45, 7) is 1.85. The lowest BCUT2D eigenvalue weighted by Crippen LogP contribution is -2.09. The second-order valence-corrected chi connectivity index (χ2v) is 8.04. The average Bonchev–Trinajstić information content (AvgIpc) is 3.16. The van der Waals surface area contributed by atoms with Crippen LogP contribution in [0, 0.1) is 11.6 Å². The molecule has 5 nitrogen and oxygen atoms in total. The van der Waals surface area contributed by atoms with E-state index < -0.39 is 17.6 Å². The highest BCUT2D eigenvalue weighted by Gasteiger charge is 2.24. The number of esters is 1. The number of aromatic nitrogens is 3. The zero-order valence-corrected chi connectivity index (χ0v) is 19.3. The van der Waals surface area contributed by atoms with Gasteiger partial charge in [0.2, 0.25) is 0 Å². The number of carbonyl (C=O) groups is 1. The van der Waals surface area contributed by atoms with E-state index >= 15 is 0 Å². The second-order valence-electron chi connectivity index (χ2n) is 6.86. The molecule has 0 amide bonds. The Kier molecular flexibility index (Phi) is 6.76. The fourth-order valence-electron chi connectivity index (χ4n) is 3.47. The molecular weight excluding hydrogens is 468 g/mol. The quantitative estimate of drug-likeness (QED) is 0.144. The third-order valence-corrected chi connectivity index (χ3v) is 5.74. The minimum Gasteiger partial charge on any atom is -0.463 e. The fourth-order valence-corrected chi connectivity index (χ4v) is 4.04. The number of fused-ring (bicyclic) bond motifs is 1. The number of hydrogen-bond acceptors (Lipinski definition) is 5. The molecule has 0 saturated heterocycles. The molecule has 0 bridgehead atoms. The summed E-state index contributed by atoms with van der Waals surface area (Å²) in [6.07, 6.45) is 4.63. The van der Waals surface area contributed by atoms with Crippen molar-refractivity contribution in [1.29, 1.82) is 0 Å². The normalized spacial score (nSPS) is 11.7. The van der Waals surface area contributed by atoms with Crippen LogP contribution in [0.2, 0.25) is 5.02 Å². The number of carbonyl (C=O) groups excluding carboxylic acids is 1. The molecule has 0 aliphatic carbocycles. The summed E-state index contributed by atoms with van der Waals surface area (Å²) in [6, 6.07) is 12.2. The van der Waals surface area contributed by atoms with Crippen LogP contribution in [0.1, 0.15) is 18.2 Å². The van der Waals surface area contributed by atoms with E-state index in [0.717, 1.165) is 12.1 Å². The van der Waals surface area contributed by atoms with Crippen LogP contribution in [0.15, 0.2) is 66.0 Å². The molecule has 2 aromatic carbocycles. The highest BCUT2D eigenvalue weighted by Crippen LogP contribution is 2.36.